The molecule has 0 aromatic heterocycles. The molecule has 0 saturated heterocycles. The van der Waals surface area contributed by atoms with E-state index >= 15 is 0 Å². The highest BCUT2D eigenvalue weighted by molar-refractivity contribution is 6.00. The number of benzene rings is 1. The summed E-state index contributed by atoms with van der Waals surface area (Å²) in [4.78, 5) is 11.8. The Bertz CT molecular complexity index is 452. The van der Waals surface area contributed by atoms with Crippen LogP contribution >= 0.6 is 0 Å². The Morgan fingerprint density at radius 3 is 2.17 bits per heavy atom. The molecule has 0 N–H and O–H groups in total. The molecule has 1 aliphatic rings. The smallest absolute Gasteiger partial charge is 0.158 e. The third kappa shape index (κ3) is 2.92. The van der Waals surface area contributed by atoms with E-state index in [1.54, 1.807) is 14.2 Å². The van der Waals surface area contributed by atoms with E-state index in [0.29, 0.717) is 6.42 Å². The van der Waals surface area contributed by atoms with Crippen molar-refractivity contribution in [2.45, 2.75) is 25.7 Å². The summed E-state index contributed by atoms with van der Waals surface area (Å²) in [7, 11) is 3.24. The summed E-state index contributed by atoms with van der Waals surface area (Å²) in [5.74, 6) is 1.75. The summed E-state index contributed by atoms with van der Waals surface area (Å²) in [5, 5.41) is 0. The molecule has 1 aliphatic carbocycles. The van der Waals surface area contributed by atoms with Crippen LogP contribution in [0.4, 0.5) is 0 Å². The van der Waals surface area contributed by atoms with E-state index in [0.717, 1.165) is 41.9 Å². The molecule has 0 amide bonds. The van der Waals surface area contributed by atoms with Crippen molar-refractivity contribution < 1.29 is 14.3 Å². The largest absolute Gasteiger partial charge is 0.497 e. The Morgan fingerprint density at radius 2 is 1.61 bits per heavy atom. The monoisotopic (exact) mass is 246 g/mol. The molecule has 3 heteroatoms. The quantitative estimate of drug-likeness (QED) is 0.768. The van der Waals surface area contributed by atoms with Gasteiger partial charge in [-0.05, 0) is 48.6 Å². The lowest BCUT2D eigenvalue weighted by molar-refractivity contribution is -0.116. The first-order valence-corrected chi connectivity index (χ1v) is 6.20. The minimum atomic E-state index is 0.267. The summed E-state index contributed by atoms with van der Waals surface area (Å²) in [5.41, 5.74) is 1.87. The molecule has 18 heavy (non-hydrogen) atoms. The molecule has 0 bridgehead atoms. The predicted octanol–water partition coefficient (Wildman–Crippen LogP) is 3.23. The zero-order valence-electron chi connectivity index (χ0n) is 10.9. The number of rotatable bonds is 3. The van der Waals surface area contributed by atoms with Gasteiger partial charge < -0.3 is 9.47 Å². The van der Waals surface area contributed by atoms with Gasteiger partial charge in [0.2, 0.25) is 0 Å². The van der Waals surface area contributed by atoms with Gasteiger partial charge in [0, 0.05) is 12.5 Å². The standard InChI is InChI=1S/C15H18O3/c1-17-13-8-11(9-14(10-13)18-2)7-12-5-3-4-6-15(12)16/h7-10H,3-6H2,1-2H3/b12-7-. The van der Waals surface area contributed by atoms with Crippen molar-refractivity contribution in [3.05, 3.63) is 29.3 Å². The van der Waals surface area contributed by atoms with E-state index in [1.807, 2.05) is 24.3 Å². The van der Waals surface area contributed by atoms with E-state index in [-0.39, 0.29) is 5.78 Å². The van der Waals surface area contributed by atoms with Crippen LogP contribution in [0.25, 0.3) is 6.08 Å². The molecule has 0 radical (unpaired) electrons. The number of Topliss-reactive ketones (excluding diaryl/α,β-unsaturated/α-hetero) is 1. The Morgan fingerprint density at radius 1 is 1.00 bits per heavy atom. The van der Waals surface area contributed by atoms with Crippen LogP contribution < -0.4 is 9.47 Å². The molecule has 1 aromatic rings. The van der Waals surface area contributed by atoms with Crippen LogP contribution in [0.1, 0.15) is 31.2 Å². The molecule has 1 fully saturated rings. The van der Waals surface area contributed by atoms with Crippen LogP contribution in [0.3, 0.4) is 0 Å². The zero-order valence-corrected chi connectivity index (χ0v) is 10.9. The van der Waals surface area contributed by atoms with Gasteiger partial charge in [-0.1, -0.05) is 0 Å². The van der Waals surface area contributed by atoms with Crippen molar-refractivity contribution in [1.82, 2.24) is 0 Å². The van der Waals surface area contributed by atoms with E-state index < -0.39 is 0 Å². The lowest BCUT2D eigenvalue weighted by atomic mass is 9.92. The van der Waals surface area contributed by atoms with Gasteiger partial charge in [0.1, 0.15) is 11.5 Å². The number of methoxy groups -OCH3 is 2. The number of hydrogen-bond donors (Lipinski definition) is 0. The molecule has 96 valence electrons. The maximum atomic E-state index is 11.8. The minimum absolute atomic E-state index is 0.267. The lowest BCUT2D eigenvalue weighted by Gasteiger charge is -2.13. The van der Waals surface area contributed by atoms with Crippen LogP contribution in [-0.2, 0) is 4.79 Å². The van der Waals surface area contributed by atoms with Crippen LogP contribution in [0.5, 0.6) is 11.5 Å². The normalized spacial score (nSPS) is 17.9. The highest BCUT2D eigenvalue weighted by atomic mass is 16.5. The number of carbonyl (C=O) groups excluding carboxylic acids is 1. The van der Waals surface area contributed by atoms with Gasteiger partial charge in [0.15, 0.2) is 5.78 Å². The Kier molecular flexibility index (Phi) is 4.03. The highest BCUT2D eigenvalue weighted by Gasteiger charge is 2.14. The first kappa shape index (κ1) is 12.7. The molecule has 0 heterocycles. The van der Waals surface area contributed by atoms with Gasteiger partial charge in [-0.15, -0.1) is 0 Å². The number of allylic oxidation sites excluding steroid dienone is 1. The van der Waals surface area contributed by atoms with E-state index in [1.165, 1.54) is 0 Å². The van der Waals surface area contributed by atoms with Crippen molar-refractivity contribution >= 4 is 11.9 Å². The van der Waals surface area contributed by atoms with Crippen LogP contribution in [-0.4, -0.2) is 20.0 Å². The van der Waals surface area contributed by atoms with Crippen molar-refractivity contribution in [3.8, 4) is 11.5 Å². The summed E-state index contributed by atoms with van der Waals surface area (Å²) in [6.07, 6.45) is 5.61. The molecule has 1 saturated carbocycles. The summed E-state index contributed by atoms with van der Waals surface area (Å²) in [6, 6.07) is 5.65. The third-order valence-electron chi connectivity index (χ3n) is 3.17. The van der Waals surface area contributed by atoms with Crippen molar-refractivity contribution in [3.63, 3.8) is 0 Å². The van der Waals surface area contributed by atoms with Crippen LogP contribution in [0.2, 0.25) is 0 Å². The maximum Gasteiger partial charge on any atom is 0.158 e. The van der Waals surface area contributed by atoms with Crippen molar-refractivity contribution in [2.75, 3.05) is 14.2 Å². The Hall–Kier alpha value is -1.77. The average Bonchev–Trinajstić information content (AvgIpc) is 2.41. The number of ether oxygens (including phenoxy) is 2. The zero-order chi connectivity index (χ0) is 13.0. The number of hydrogen-bond acceptors (Lipinski definition) is 3. The van der Waals surface area contributed by atoms with E-state index in [4.69, 9.17) is 9.47 Å². The first-order valence-electron chi connectivity index (χ1n) is 6.20. The van der Waals surface area contributed by atoms with Crippen molar-refractivity contribution in [1.29, 1.82) is 0 Å². The van der Waals surface area contributed by atoms with Gasteiger partial charge in [-0.3, -0.25) is 4.79 Å². The van der Waals surface area contributed by atoms with Crippen molar-refractivity contribution in [2.24, 2.45) is 0 Å². The van der Waals surface area contributed by atoms with Gasteiger partial charge in [-0.25, -0.2) is 0 Å². The second-order valence-corrected chi connectivity index (χ2v) is 4.45. The van der Waals surface area contributed by atoms with Crippen LogP contribution in [0.15, 0.2) is 23.8 Å². The number of ketones is 1. The molecule has 2 rings (SSSR count). The first-order chi connectivity index (χ1) is 8.72. The van der Waals surface area contributed by atoms with Gasteiger partial charge in [0.25, 0.3) is 0 Å². The molecule has 0 spiro atoms. The Labute approximate surface area is 107 Å². The van der Waals surface area contributed by atoms with Gasteiger partial charge in [-0.2, -0.15) is 0 Å². The fourth-order valence-electron chi connectivity index (χ4n) is 2.17. The van der Waals surface area contributed by atoms with Crippen LogP contribution in [0, 0.1) is 0 Å². The molecule has 0 atom stereocenters. The predicted molar refractivity (Wildman–Crippen MR) is 71.0 cm³/mol. The maximum absolute atomic E-state index is 11.8. The molecular weight excluding hydrogens is 228 g/mol. The molecule has 1 aromatic carbocycles. The molecule has 3 nitrogen and oxygen atoms in total. The lowest BCUT2D eigenvalue weighted by Crippen LogP contribution is -2.07. The van der Waals surface area contributed by atoms with E-state index in [9.17, 15) is 4.79 Å². The third-order valence-corrected chi connectivity index (χ3v) is 3.17. The fraction of sp³-hybridized carbons (Fsp3) is 0.400. The highest BCUT2D eigenvalue weighted by Crippen LogP contribution is 2.27. The summed E-state index contributed by atoms with van der Waals surface area (Å²) >= 11 is 0. The molecule has 0 unspecified atom stereocenters. The summed E-state index contributed by atoms with van der Waals surface area (Å²) in [6.45, 7) is 0. The Balaban J connectivity index is 2.32. The second kappa shape index (κ2) is 5.71. The summed E-state index contributed by atoms with van der Waals surface area (Å²) < 4.78 is 10.4. The van der Waals surface area contributed by atoms with Gasteiger partial charge >= 0.3 is 0 Å². The molecule has 0 aliphatic heterocycles. The average molecular weight is 246 g/mol. The van der Waals surface area contributed by atoms with Gasteiger partial charge in [0.05, 0.1) is 14.2 Å². The fourth-order valence-corrected chi connectivity index (χ4v) is 2.17. The second-order valence-electron chi connectivity index (χ2n) is 4.45. The topological polar surface area (TPSA) is 35.5 Å². The van der Waals surface area contributed by atoms with E-state index in [2.05, 4.69) is 0 Å². The molecular formula is C15H18O3. The number of carbonyl (C=O) groups is 1. The minimum Gasteiger partial charge on any atom is -0.497 e. The SMILES string of the molecule is COc1cc(/C=C2/CCCCC2=O)cc(OC)c1.